The summed E-state index contributed by atoms with van der Waals surface area (Å²) in [5.41, 5.74) is 0.855. The van der Waals surface area contributed by atoms with Crippen molar-refractivity contribution >= 4 is 21.6 Å². The second kappa shape index (κ2) is 8.28. The Morgan fingerprint density at radius 1 is 1.04 bits per heavy atom. The van der Waals surface area contributed by atoms with Gasteiger partial charge >= 0.3 is 0 Å². The van der Waals surface area contributed by atoms with Crippen molar-refractivity contribution in [1.29, 1.82) is 0 Å². The maximum Gasteiger partial charge on any atom is 0.254 e. The molecule has 0 aliphatic carbocycles. The molecule has 0 aromatic heterocycles. The van der Waals surface area contributed by atoms with Gasteiger partial charge in [0.1, 0.15) is 5.82 Å². The highest BCUT2D eigenvalue weighted by Gasteiger charge is 2.25. The van der Waals surface area contributed by atoms with E-state index in [4.69, 9.17) is 0 Å². The molecule has 0 radical (unpaired) electrons. The number of carbonyl (C=O) groups is 1. The van der Waals surface area contributed by atoms with Crippen LogP contribution in [0.4, 0.5) is 10.1 Å². The van der Waals surface area contributed by atoms with Gasteiger partial charge in [-0.25, -0.2) is 17.5 Å². The second-order valence-electron chi connectivity index (χ2n) is 7.03. The smallest absolute Gasteiger partial charge is 0.254 e. The van der Waals surface area contributed by atoms with Gasteiger partial charge in [-0.2, -0.15) is 0 Å². The van der Waals surface area contributed by atoms with Gasteiger partial charge in [-0.05, 0) is 44.2 Å². The molecule has 2 aromatic carbocycles. The Hall–Kier alpha value is -2.45. The number of sulfonamides is 1. The van der Waals surface area contributed by atoms with Crippen LogP contribution in [-0.4, -0.2) is 51.4 Å². The average Bonchev–Trinajstić information content (AvgIpc) is 2.67. The number of benzene rings is 2. The molecule has 0 bridgehead atoms. The number of anilines is 1. The Bertz CT molecular complexity index is 955. The molecule has 8 heteroatoms. The summed E-state index contributed by atoms with van der Waals surface area (Å²) in [4.78, 5) is 16.5. The summed E-state index contributed by atoms with van der Waals surface area (Å²) in [5, 5.41) is 0. The zero-order chi connectivity index (χ0) is 20.3. The molecule has 6 nitrogen and oxygen atoms in total. The van der Waals surface area contributed by atoms with Crippen LogP contribution in [0.1, 0.15) is 24.2 Å². The molecule has 1 aliphatic rings. The van der Waals surface area contributed by atoms with Gasteiger partial charge in [0, 0.05) is 37.8 Å². The number of piperazine rings is 1. The largest absolute Gasteiger partial charge is 0.366 e. The predicted molar refractivity (Wildman–Crippen MR) is 106 cm³/mol. The lowest BCUT2D eigenvalue weighted by Gasteiger charge is -2.36. The summed E-state index contributed by atoms with van der Waals surface area (Å²) < 4.78 is 41.2. The molecule has 3 rings (SSSR count). The molecule has 1 amide bonds. The summed E-state index contributed by atoms with van der Waals surface area (Å²) in [6, 6.07) is 12.4. The molecule has 0 atom stereocenters. The highest BCUT2D eigenvalue weighted by Crippen LogP contribution is 2.21. The maximum absolute atomic E-state index is 14.0. The lowest BCUT2D eigenvalue weighted by atomic mass is 10.1. The molecule has 2 aromatic rings. The number of nitrogens with zero attached hydrogens (tertiary/aromatic N) is 2. The highest BCUT2D eigenvalue weighted by molar-refractivity contribution is 7.89. The first kappa shape index (κ1) is 20.3. The molecule has 1 aliphatic heterocycles. The summed E-state index contributed by atoms with van der Waals surface area (Å²) >= 11 is 0. The lowest BCUT2D eigenvalue weighted by molar-refractivity contribution is 0.0746. The van der Waals surface area contributed by atoms with E-state index in [1.807, 2.05) is 4.90 Å². The molecule has 0 saturated carbocycles. The Balaban J connectivity index is 1.71. The van der Waals surface area contributed by atoms with Crippen LogP contribution in [0, 0.1) is 5.82 Å². The summed E-state index contributed by atoms with van der Waals surface area (Å²) in [5.74, 6) is -0.507. The van der Waals surface area contributed by atoms with Crippen molar-refractivity contribution in [3.05, 3.63) is 59.9 Å². The molecule has 150 valence electrons. The summed E-state index contributed by atoms with van der Waals surface area (Å²) in [7, 11) is -3.67. The van der Waals surface area contributed by atoms with Gasteiger partial charge in [0.2, 0.25) is 10.0 Å². The molecule has 1 saturated heterocycles. The number of para-hydroxylation sites is 1. The number of amides is 1. The van der Waals surface area contributed by atoms with Crippen molar-refractivity contribution in [2.75, 3.05) is 31.1 Å². The molecule has 0 unspecified atom stereocenters. The molecule has 28 heavy (non-hydrogen) atoms. The van der Waals surface area contributed by atoms with E-state index in [1.54, 1.807) is 49.1 Å². The minimum Gasteiger partial charge on any atom is -0.366 e. The highest BCUT2D eigenvalue weighted by atomic mass is 32.2. The molecular weight excluding hydrogens is 381 g/mol. The van der Waals surface area contributed by atoms with Gasteiger partial charge in [0.25, 0.3) is 5.91 Å². The fraction of sp³-hybridized carbons (Fsp3) is 0.350. The van der Waals surface area contributed by atoms with Crippen molar-refractivity contribution in [1.82, 2.24) is 9.62 Å². The quantitative estimate of drug-likeness (QED) is 0.830. The maximum atomic E-state index is 14.0. The normalized spacial score (nSPS) is 15.1. The Labute approximate surface area is 165 Å². The van der Waals surface area contributed by atoms with Crippen LogP contribution in [0.15, 0.2) is 53.4 Å². The fourth-order valence-electron chi connectivity index (χ4n) is 3.22. The van der Waals surface area contributed by atoms with Crippen molar-refractivity contribution in [3.8, 4) is 0 Å². The van der Waals surface area contributed by atoms with Crippen molar-refractivity contribution in [2.45, 2.75) is 24.8 Å². The monoisotopic (exact) mass is 405 g/mol. The van der Waals surface area contributed by atoms with Gasteiger partial charge in [0.15, 0.2) is 0 Å². The van der Waals surface area contributed by atoms with E-state index in [9.17, 15) is 17.6 Å². The van der Waals surface area contributed by atoms with E-state index in [2.05, 4.69) is 4.72 Å². The van der Waals surface area contributed by atoms with E-state index in [0.29, 0.717) is 37.4 Å². The first-order chi connectivity index (χ1) is 13.3. The topological polar surface area (TPSA) is 69.7 Å². The lowest BCUT2D eigenvalue weighted by Crippen LogP contribution is -2.49. The van der Waals surface area contributed by atoms with Gasteiger partial charge in [-0.15, -0.1) is 0 Å². The van der Waals surface area contributed by atoms with Crippen LogP contribution in [0.5, 0.6) is 0 Å². The van der Waals surface area contributed by atoms with Crippen LogP contribution >= 0.6 is 0 Å². The van der Waals surface area contributed by atoms with E-state index < -0.39 is 10.0 Å². The first-order valence-electron chi connectivity index (χ1n) is 9.19. The second-order valence-corrected chi connectivity index (χ2v) is 8.75. The van der Waals surface area contributed by atoms with Gasteiger partial charge < -0.3 is 9.80 Å². The minimum absolute atomic E-state index is 0.0667. The molecule has 1 N–H and O–H groups in total. The standard InChI is InChI=1S/C20H24FN3O3S/c1-15(2)22-28(26,27)17-7-5-6-16(14-17)20(25)24-12-10-23(11-13-24)19-9-4-3-8-18(19)21/h3-9,14-15,22H,10-13H2,1-2H3. The third-order valence-corrected chi connectivity index (χ3v) is 6.20. The number of hydrogen-bond donors (Lipinski definition) is 1. The third-order valence-electron chi connectivity index (χ3n) is 4.54. The van der Waals surface area contributed by atoms with E-state index in [0.717, 1.165) is 0 Å². The number of carbonyl (C=O) groups excluding carboxylic acids is 1. The SMILES string of the molecule is CC(C)NS(=O)(=O)c1cccc(C(=O)N2CCN(c3ccccc3F)CC2)c1. The van der Waals surface area contributed by atoms with E-state index in [1.165, 1.54) is 18.2 Å². The molecule has 0 spiro atoms. The fourth-order valence-corrected chi connectivity index (χ4v) is 4.51. The van der Waals surface area contributed by atoms with Gasteiger partial charge in [0.05, 0.1) is 10.6 Å². The number of rotatable bonds is 5. The summed E-state index contributed by atoms with van der Waals surface area (Å²) in [6.07, 6.45) is 0. The average molecular weight is 405 g/mol. The van der Waals surface area contributed by atoms with Crippen LogP contribution in [0.2, 0.25) is 0 Å². The summed E-state index contributed by atoms with van der Waals surface area (Å²) in [6.45, 7) is 5.38. The van der Waals surface area contributed by atoms with Crippen molar-refractivity contribution < 1.29 is 17.6 Å². The van der Waals surface area contributed by atoms with Gasteiger partial charge in [-0.1, -0.05) is 18.2 Å². The van der Waals surface area contributed by atoms with Crippen LogP contribution in [-0.2, 0) is 10.0 Å². The van der Waals surface area contributed by atoms with Crippen LogP contribution in [0.25, 0.3) is 0 Å². The number of nitrogens with one attached hydrogen (secondary N) is 1. The van der Waals surface area contributed by atoms with E-state index in [-0.39, 0.29) is 22.7 Å². The predicted octanol–water partition coefficient (Wildman–Crippen LogP) is 2.47. The molecule has 1 heterocycles. The number of halogens is 1. The minimum atomic E-state index is -3.67. The molecule has 1 fully saturated rings. The van der Waals surface area contributed by atoms with Crippen molar-refractivity contribution in [3.63, 3.8) is 0 Å². The Morgan fingerprint density at radius 3 is 2.36 bits per heavy atom. The Kier molecular flexibility index (Phi) is 6.00. The third kappa shape index (κ3) is 4.51. The zero-order valence-electron chi connectivity index (χ0n) is 15.9. The van der Waals surface area contributed by atoms with Gasteiger partial charge in [-0.3, -0.25) is 4.79 Å². The van der Waals surface area contributed by atoms with Crippen LogP contribution < -0.4 is 9.62 Å². The van der Waals surface area contributed by atoms with E-state index >= 15 is 0 Å². The van der Waals surface area contributed by atoms with Crippen LogP contribution in [0.3, 0.4) is 0 Å². The Morgan fingerprint density at radius 2 is 1.71 bits per heavy atom. The zero-order valence-corrected chi connectivity index (χ0v) is 16.7. The molecular formula is C20H24FN3O3S. The number of hydrogen-bond acceptors (Lipinski definition) is 4. The van der Waals surface area contributed by atoms with Crippen molar-refractivity contribution in [2.24, 2.45) is 0 Å². The first-order valence-corrected chi connectivity index (χ1v) is 10.7.